The molecular formula is C31H31N3O3S. The van der Waals surface area contributed by atoms with Crippen LogP contribution in [0.25, 0.3) is 0 Å². The predicted octanol–water partition coefficient (Wildman–Crippen LogP) is 5.95. The number of nitrogens with one attached hydrogen (secondary N) is 1. The van der Waals surface area contributed by atoms with Crippen LogP contribution in [0.4, 0.5) is 5.69 Å². The summed E-state index contributed by atoms with van der Waals surface area (Å²) in [6, 6.07) is 26.9. The minimum absolute atomic E-state index is 0.0779. The standard InChI is InChI=1S/C31H31N3O3S/c1-4-37-26-16-14-25(15-17-26)34-30(36)28(18-22-10-12-24(13-11-22)21(2)3)38-31(34)27(19-32)29(35)33-20-23-8-6-5-7-9-23/h5-17,21,28H,4,18,20H2,1-3H3,(H,33,35)/b31-27-. The number of amides is 2. The molecule has 1 aliphatic rings. The number of benzene rings is 3. The molecule has 1 fully saturated rings. The van der Waals surface area contributed by atoms with Crippen LogP contribution in [0.15, 0.2) is 89.5 Å². The van der Waals surface area contributed by atoms with E-state index in [0.717, 1.165) is 11.1 Å². The molecule has 38 heavy (non-hydrogen) atoms. The molecular weight excluding hydrogens is 494 g/mol. The van der Waals surface area contributed by atoms with Crippen LogP contribution in [0.1, 0.15) is 43.4 Å². The van der Waals surface area contributed by atoms with E-state index in [4.69, 9.17) is 4.74 Å². The van der Waals surface area contributed by atoms with E-state index in [1.165, 1.54) is 22.2 Å². The molecule has 4 rings (SSSR count). The van der Waals surface area contributed by atoms with Crippen molar-refractivity contribution >= 4 is 29.3 Å². The maximum atomic E-state index is 13.7. The largest absolute Gasteiger partial charge is 0.494 e. The number of thioether (sulfide) groups is 1. The summed E-state index contributed by atoms with van der Waals surface area (Å²) in [5.74, 6) is 0.433. The lowest BCUT2D eigenvalue weighted by Crippen LogP contribution is -2.32. The maximum Gasteiger partial charge on any atom is 0.264 e. The third-order valence-electron chi connectivity index (χ3n) is 6.27. The Balaban J connectivity index is 1.65. The number of anilines is 1. The van der Waals surface area contributed by atoms with Crippen LogP contribution in [0.3, 0.4) is 0 Å². The zero-order chi connectivity index (χ0) is 27.1. The predicted molar refractivity (Wildman–Crippen MR) is 152 cm³/mol. The van der Waals surface area contributed by atoms with E-state index in [9.17, 15) is 14.9 Å². The summed E-state index contributed by atoms with van der Waals surface area (Å²) in [5, 5.41) is 12.7. The first-order chi connectivity index (χ1) is 18.4. The number of hydrogen-bond acceptors (Lipinski definition) is 5. The second-order valence-electron chi connectivity index (χ2n) is 9.27. The summed E-state index contributed by atoms with van der Waals surface area (Å²) in [5.41, 5.74) is 3.69. The average molecular weight is 526 g/mol. The third-order valence-corrected chi connectivity index (χ3v) is 7.54. The van der Waals surface area contributed by atoms with Gasteiger partial charge < -0.3 is 10.1 Å². The number of rotatable bonds is 9. The van der Waals surface area contributed by atoms with E-state index in [1.807, 2.05) is 49.4 Å². The van der Waals surface area contributed by atoms with Crippen molar-refractivity contribution in [1.29, 1.82) is 5.26 Å². The smallest absolute Gasteiger partial charge is 0.264 e. The van der Waals surface area contributed by atoms with Gasteiger partial charge in [-0.25, -0.2) is 0 Å². The van der Waals surface area contributed by atoms with E-state index in [0.29, 0.717) is 35.4 Å². The molecule has 0 saturated carbocycles. The number of ether oxygens (including phenoxy) is 1. The summed E-state index contributed by atoms with van der Waals surface area (Å²) in [6.07, 6.45) is 0.489. The first-order valence-corrected chi connectivity index (χ1v) is 13.6. The molecule has 0 radical (unpaired) electrons. The summed E-state index contributed by atoms with van der Waals surface area (Å²) >= 11 is 1.27. The Morgan fingerprint density at radius 2 is 1.71 bits per heavy atom. The van der Waals surface area contributed by atoms with Crippen molar-refractivity contribution in [3.8, 4) is 11.8 Å². The molecule has 1 saturated heterocycles. The second kappa shape index (κ2) is 12.5. The van der Waals surface area contributed by atoms with Crippen molar-refractivity contribution in [2.24, 2.45) is 0 Å². The lowest BCUT2D eigenvalue weighted by Gasteiger charge is -2.19. The normalized spacial score (nSPS) is 16.3. The zero-order valence-corrected chi connectivity index (χ0v) is 22.6. The summed E-state index contributed by atoms with van der Waals surface area (Å²) in [6.45, 7) is 7.00. The van der Waals surface area contributed by atoms with Crippen molar-refractivity contribution in [1.82, 2.24) is 5.32 Å². The Labute approximate surface area is 228 Å². The Morgan fingerprint density at radius 3 is 2.32 bits per heavy atom. The molecule has 2 amide bonds. The van der Waals surface area contributed by atoms with Crippen molar-refractivity contribution < 1.29 is 14.3 Å². The van der Waals surface area contributed by atoms with Crippen molar-refractivity contribution in [3.63, 3.8) is 0 Å². The lowest BCUT2D eigenvalue weighted by atomic mass is 10.00. The van der Waals surface area contributed by atoms with Gasteiger partial charge in [-0.1, -0.05) is 80.2 Å². The van der Waals surface area contributed by atoms with Crippen molar-refractivity contribution in [3.05, 3.63) is 106 Å². The van der Waals surface area contributed by atoms with Gasteiger partial charge in [-0.2, -0.15) is 5.26 Å². The van der Waals surface area contributed by atoms with Gasteiger partial charge in [-0.15, -0.1) is 0 Å². The third kappa shape index (κ3) is 6.27. The van der Waals surface area contributed by atoms with Crippen LogP contribution in [0.5, 0.6) is 5.75 Å². The van der Waals surface area contributed by atoms with E-state index >= 15 is 0 Å². The van der Waals surface area contributed by atoms with E-state index in [2.05, 4.69) is 37.4 Å². The summed E-state index contributed by atoms with van der Waals surface area (Å²) in [4.78, 5) is 28.4. The lowest BCUT2D eigenvalue weighted by molar-refractivity contribution is -0.117. The van der Waals surface area contributed by atoms with Gasteiger partial charge >= 0.3 is 0 Å². The minimum Gasteiger partial charge on any atom is -0.494 e. The molecule has 3 aromatic rings. The van der Waals surface area contributed by atoms with E-state index in [-0.39, 0.29) is 18.0 Å². The first kappa shape index (κ1) is 27.0. The number of carbonyl (C=O) groups is 2. The van der Waals surface area contributed by atoms with E-state index in [1.54, 1.807) is 24.3 Å². The van der Waals surface area contributed by atoms with Crippen LogP contribution >= 0.6 is 11.8 Å². The first-order valence-electron chi connectivity index (χ1n) is 12.7. The Morgan fingerprint density at radius 1 is 1.03 bits per heavy atom. The van der Waals surface area contributed by atoms with Crippen LogP contribution in [0.2, 0.25) is 0 Å². The molecule has 7 heteroatoms. The summed E-state index contributed by atoms with van der Waals surface area (Å²) in [7, 11) is 0. The highest BCUT2D eigenvalue weighted by atomic mass is 32.2. The van der Waals surface area contributed by atoms with Gasteiger partial charge in [0.1, 0.15) is 22.4 Å². The molecule has 1 N–H and O–H groups in total. The highest BCUT2D eigenvalue weighted by Gasteiger charge is 2.40. The highest BCUT2D eigenvalue weighted by molar-refractivity contribution is 8.05. The monoisotopic (exact) mass is 525 g/mol. The molecule has 6 nitrogen and oxygen atoms in total. The highest BCUT2D eigenvalue weighted by Crippen LogP contribution is 2.42. The maximum absolute atomic E-state index is 13.7. The molecule has 1 atom stereocenters. The quantitative estimate of drug-likeness (QED) is 0.276. The van der Waals surface area contributed by atoms with Crippen LogP contribution in [-0.4, -0.2) is 23.7 Å². The molecule has 0 aliphatic carbocycles. The van der Waals surface area contributed by atoms with Crippen molar-refractivity contribution in [2.75, 3.05) is 11.5 Å². The van der Waals surface area contributed by atoms with Crippen LogP contribution < -0.4 is 15.0 Å². The van der Waals surface area contributed by atoms with Gasteiger partial charge in [-0.3, -0.25) is 14.5 Å². The molecule has 0 aromatic heterocycles. The van der Waals surface area contributed by atoms with Gasteiger partial charge in [0.25, 0.3) is 5.91 Å². The van der Waals surface area contributed by atoms with Crippen LogP contribution in [0, 0.1) is 11.3 Å². The topological polar surface area (TPSA) is 82.4 Å². The summed E-state index contributed by atoms with van der Waals surface area (Å²) < 4.78 is 5.55. The molecule has 1 heterocycles. The Kier molecular flexibility index (Phi) is 8.88. The van der Waals surface area contributed by atoms with Crippen LogP contribution in [-0.2, 0) is 22.6 Å². The fourth-order valence-corrected chi connectivity index (χ4v) is 5.51. The van der Waals surface area contributed by atoms with Gasteiger partial charge in [-0.05, 0) is 60.2 Å². The number of nitriles is 1. The van der Waals surface area contributed by atoms with Crippen molar-refractivity contribution in [2.45, 2.75) is 44.9 Å². The van der Waals surface area contributed by atoms with E-state index < -0.39 is 11.2 Å². The fraction of sp³-hybridized carbons (Fsp3) is 0.258. The van der Waals surface area contributed by atoms with Gasteiger partial charge in [0.15, 0.2) is 0 Å². The zero-order valence-electron chi connectivity index (χ0n) is 21.8. The minimum atomic E-state index is -0.510. The second-order valence-corrected chi connectivity index (χ2v) is 10.5. The molecule has 1 unspecified atom stereocenters. The number of hydrogen-bond donors (Lipinski definition) is 1. The van der Waals surface area contributed by atoms with Gasteiger partial charge in [0.05, 0.1) is 11.9 Å². The Bertz CT molecular complexity index is 1340. The number of nitrogens with zero attached hydrogens (tertiary/aromatic N) is 2. The molecule has 0 bridgehead atoms. The fourth-order valence-electron chi connectivity index (χ4n) is 4.20. The Hall–Kier alpha value is -4.02. The van der Waals surface area contributed by atoms with Gasteiger partial charge in [0, 0.05) is 12.2 Å². The molecule has 0 spiro atoms. The molecule has 3 aromatic carbocycles. The molecule has 1 aliphatic heterocycles. The average Bonchev–Trinajstić information content (AvgIpc) is 3.24. The SMILES string of the molecule is CCOc1ccc(N2C(=O)C(Cc3ccc(C(C)C)cc3)S/C2=C(/C#N)C(=O)NCc2ccccc2)cc1. The number of carbonyl (C=O) groups excluding carboxylic acids is 2. The molecule has 194 valence electrons. The van der Waals surface area contributed by atoms with Gasteiger partial charge in [0.2, 0.25) is 5.91 Å².